The first-order chi connectivity index (χ1) is 12.5. The molecule has 1 aliphatic rings. The highest BCUT2D eigenvalue weighted by atomic mass is 32.2. The molecule has 0 saturated carbocycles. The van der Waals surface area contributed by atoms with Crippen molar-refractivity contribution in [2.75, 3.05) is 11.4 Å². The van der Waals surface area contributed by atoms with E-state index in [0.29, 0.717) is 22.8 Å². The van der Waals surface area contributed by atoms with E-state index < -0.39 is 0 Å². The first-order valence-electron chi connectivity index (χ1n) is 8.48. The predicted molar refractivity (Wildman–Crippen MR) is 102 cm³/mol. The molecule has 8 heteroatoms. The third kappa shape index (κ3) is 2.90. The smallest absolute Gasteiger partial charge is 0.264 e. The van der Waals surface area contributed by atoms with E-state index in [-0.39, 0.29) is 18.0 Å². The number of hydrogen-bond acceptors (Lipinski definition) is 5. The molecule has 0 saturated heterocycles. The van der Waals surface area contributed by atoms with Crippen LogP contribution in [0.4, 0.5) is 5.69 Å². The average Bonchev–Trinajstić information content (AvgIpc) is 2.91. The summed E-state index contributed by atoms with van der Waals surface area (Å²) in [5.74, 6) is -0.112. The first-order valence-corrected chi connectivity index (χ1v) is 9.36. The number of carbonyl (C=O) groups excluding carboxylic acids is 1. The number of benzene rings is 1. The molecule has 0 fully saturated rings. The average molecular weight is 369 g/mol. The first kappa shape index (κ1) is 16.8. The van der Waals surface area contributed by atoms with Gasteiger partial charge in [-0.1, -0.05) is 19.1 Å². The number of aryl methyl sites for hydroxylation is 1. The zero-order valence-corrected chi connectivity index (χ0v) is 15.4. The van der Waals surface area contributed by atoms with Crippen LogP contribution in [0.2, 0.25) is 0 Å². The van der Waals surface area contributed by atoms with Crippen molar-refractivity contribution in [3.63, 3.8) is 0 Å². The Hall–Kier alpha value is -2.61. The largest absolute Gasteiger partial charge is 0.310 e. The number of para-hydroxylation sites is 1. The van der Waals surface area contributed by atoms with E-state index in [1.165, 1.54) is 17.1 Å². The monoisotopic (exact) mass is 369 g/mol. The zero-order chi connectivity index (χ0) is 18.3. The molecule has 3 aromatic rings. The Morgan fingerprint density at radius 2 is 2.15 bits per heavy atom. The van der Waals surface area contributed by atoms with Gasteiger partial charge in [0.05, 0.1) is 11.9 Å². The second-order valence-corrected chi connectivity index (χ2v) is 7.89. The summed E-state index contributed by atoms with van der Waals surface area (Å²) in [6.45, 7) is 2.77. The number of nitrogens with zero attached hydrogens (tertiary/aromatic N) is 5. The van der Waals surface area contributed by atoms with Crippen molar-refractivity contribution in [2.24, 2.45) is 7.05 Å². The fourth-order valence-corrected chi connectivity index (χ4v) is 4.27. The highest BCUT2D eigenvalue weighted by molar-refractivity contribution is 8.00. The molecule has 4 rings (SSSR count). The van der Waals surface area contributed by atoms with Gasteiger partial charge in [0.25, 0.3) is 5.56 Å². The molecule has 1 unspecified atom stereocenters. The van der Waals surface area contributed by atoms with Crippen LogP contribution < -0.4 is 10.5 Å². The number of fused-ring (bicyclic) bond motifs is 2. The summed E-state index contributed by atoms with van der Waals surface area (Å²) >= 11 is 1.78. The van der Waals surface area contributed by atoms with Crippen LogP contribution in [0.25, 0.3) is 11.0 Å². The summed E-state index contributed by atoms with van der Waals surface area (Å²) in [6.07, 6.45) is 3.82. The van der Waals surface area contributed by atoms with Crippen molar-refractivity contribution in [3.05, 3.63) is 47.1 Å². The summed E-state index contributed by atoms with van der Waals surface area (Å²) < 4.78 is 2.91. The lowest BCUT2D eigenvalue weighted by molar-refractivity contribution is -0.119. The number of rotatable bonds is 2. The highest BCUT2D eigenvalue weighted by Gasteiger charge is 2.24. The van der Waals surface area contributed by atoms with E-state index in [4.69, 9.17) is 0 Å². The molecule has 0 spiro atoms. The molecular formula is C18H19N5O2S. The van der Waals surface area contributed by atoms with Crippen LogP contribution in [-0.2, 0) is 18.4 Å². The van der Waals surface area contributed by atoms with Gasteiger partial charge >= 0.3 is 0 Å². The predicted octanol–water partition coefficient (Wildman–Crippen LogP) is 2.05. The maximum atomic E-state index is 13.0. The van der Waals surface area contributed by atoms with Crippen LogP contribution in [0.1, 0.15) is 13.3 Å². The van der Waals surface area contributed by atoms with Crippen molar-refractivity contribution in [3.8, 4) is 0 Å². The van der Waals surface area contributed by atoms with Crippen molar-refractivity contribution in [2.45, 2.75) is 30.0 Å². The Bertz CT molecular complexity index is 1040. The maximum Gasteiger partial charge on any atom is 0.264 e. The molecule has 0 radical (unpaired) electrons. The summed E-state index contributed by atoms with van der Waals surface area (Å²) in [7, 11) is 1.73. The minimum absolute atomic E-state index is 0.0376. The van der Waals surface area contributed by atoms with E-state index in [2.05, 4.69) is 17.0 Å². The molecular weight excluding hydrogens is 350 g/mol. The van der Waals surface area contributed by atoms with Gasteiger partial charge in [-0.25, -0.2) is 4.98 Å². The number of aromatic nitrogens is 4. The number of amides is 1. The highest BCUT2D eigenvalue weighted by Crippen LogP contribution is 2.37. The SMILES string of the molecule is CC1CCN(C(=O)Cn2cnc3c(cnn3C)c2=O)c2ccccc2S1. The molecule has 1 amide bonds. The number of carbonyl (C=O) groups is 1. The van der Waals surface area contributed by atoms with Crippen LogP contribution in [0.15, 0.2) is 46.5 Å². The standard InChI is InChI=1S/C18H19N5O2S/c1-12-7-8-23(14-5-3-4-6-15(14)26-12)16(24)10-22-11-19-17-13(18(22)25)9-20-21(17)2/h3-6,9,11-12H,7-8,10H2,1-2H3. The molecule has 0 bridgehead atoms. The van der Waals surface area contributed by atoms with Gasteiger partial charge in [0.2, 0.25) is 5.91 Å². The Morgan fingerprint density at radius 3 is 3.00 bits per heavy atom. The van der Waals surface area contributed by atoms with Gasteiger partial charge < -0.3 is 4.90 Å². The summed E-state index contributed by atoms with van der Waals surface area (Å²) in [6, 6.07) is 7.92. The van der Waals surface area contributed by atoms with Gasteiger partial charge in [-0.2, -0.15) is 5.10 Å². The fourth-order valence-electron chi connectivity index (χ4n) is 3.16. The Labute approximate surface area is 154 Å². The maximum absolute atomic E-state index is 13.0. The molecule has 1 atom stereocenters. The molecule has 134 valence electrons. The summed E-state index contributed by atoms with van der Waals surface area (Å²) in [4.78, 5) is 32.8. The van der Waals surface area contributed by atoms with E-state index in [0.717, 1.165) is 17.0 Å². The Kier molecular flexibility index (Phi) is 4.28. The lowest BCUT2D eigenvalue weighted by Crippen LogP contribution is -2.37. The molecule has 2 aromatic heterocycles. The van der Waals surface area contributed by atoms with E-state index in [9.17, 15) is 9.59 Å². The lowest BCUT2D eigenvalue weighted by atomic mass is 10.2. The third-order valence-corrected chi connectivity index (χ3v) is 5.81. The molecule has 0 aliphatic carbocycles. The van der Waals surface area contributed by atoms with Gasteiger partial charge in [-0.3, -0.25) is 18.8 Å². The zero-order valence-electron chi connectivity index (χ0n) is 14.6. The minimum atomic E-state index is -0.248. The van der Waals surface area contributed by atoms with Crippen molar-refractivity contribution >= 4 is 34.4 Å². The second-order valence-electron chi connectivity index (χ2n) is 6.41. The van der Waals surface area contributed by atoms with Crippen LogP contribution in [-0.4, -0.2) is 37.0 Å². The molecule has 7 nitrogen and oxygen atoms in total. The quantitative estimate of drug-likeness (QED) is 0.691. The Morgan fingerprint density at radius 1 is 1.35 bits per heavy atom. The normalized spacial score (nSPS) is 17.2. The number of hydrogen-bond donors (Lipinski definition) is 0. The van der Waals surface area contributed by atoms with Crippen LogP contribution in [0, 0.1) is 0 Å². The van der Waals surface area contributed by atoms with E-state index >= 15 is 0 Å². The van der Waals surface area contributed by atoms with Crippen LogP contribution in [0.5, 0.6) is 0 Å². The summed E-state index contributed by atoms with van der Waals surface area (Å²) in [5, 5.41) is 4.91. The summed E-state index contributed by atoms with van der Waals surface area (Å²) in [5.41, 5.74) is 1.18. The minimum Gasteiger partial charge on any atom is -0.310 e. The number of anilines is 1. The van der Waals surface area contributed by atoms with Crippen LogP contribution >= 0.6 is 11.8 Å². The topological polar surface area (TPSA) is 73.0 Å². The van der Waals surface area contributed by atoms with Gasteiger partial charge in [-0.05, 0) is 18.6 Å². The van der Waals surface area contributed by atoms with Gasteiger partial charge in [0, 0.05) is 23.7 Å². The fraction of sp³-hybridized carbons (Fsp3) is 0.333. The van der Waals surface area contributed by atoms with Crippen molar-refractivity contribution < 1.29 is 4.79 Å². The van der Waals surface area contributed by atoms with Crippen LogP contribution in [0.3, 0.4) is 0 Å². The molecule has 26 heavy (non-hydrogen) atoms. The third-order valence-electron chi connectivity index (χ3n) is 4.57. The second kappa shape index (κ2) is 6.60. The van der Waals surface area contributed by atoms with E-state index in [1.807, 2.05) is 24.3 Å². The van der Waals surface area contributed by atoms with Crippen molar-refractivity contribution in [1.82, 2.24) is 19.3 Å². The number of thioether (sulfide) groups is 1. The lowest BCUT2D eigenvalue weighted by Gasteiger charge is -2.22. The molecule has 0 N–H and O–H groups in total. The van der Waals surface area contributed by atoms with Gasteiger partial charge in [-0.15, -0.1) is 11.8 Å². The van der Waals surface area contributed by atoms with E-state index in [1.54, 1.807) is 28.4 Å². The molecule has 1 aromatic carbocycles. The van der Waals surface area contributed by atoms with Crippen molar-refractivity contribution in [1.29, 1.82) is 0 Å². The van der Waals surface area contributed by atoms with Gasteiger partial charge in [0.15, 0.2) is 5.65 Å². The van der Waals surface area contributed by atoms with Gasteiger partial charge in [0.1, 0.15) is 18.3 Å². The Balaban J connectivity index is 1.66. The molecule has 3 heterocycles. The molecule has 1 aliphatic heterocycles.